The van der Waals surface area contributed by atoms with Crippen LogP contribution in [0, 0.1) is 5.41 Å². The lowest BCUT2D eigenvalue weighted by Crippen LogP contribution is -2.35. The molecule has 1 fully saturated rings. The van der Waals surface area contributed by atoms with Gasteiger partial charge in [-0.25, -0.2) is 0 Å². The van der Waals surface area contributed by atoms with Gasteiger partial charge in [0.1, 0.15) is 6.61 Å². The molecule has 5 nitrogen and oxygen atoms in total. The molecule has 112 valence electrons. The Hall–Kier alpha value is -0.650. The average molecular weight is 273 g/mol. The molecule has 0 aromatic carbocycles. The highest BCUT2D eigenvalue weighted by molar-refractivity contribution is 5.77. The van der Waals surface area contributed by atoms with Gasteiger partial charge in [-0.05, 0) is 25.8 Å². The van der Waals surface area contributed by atoms with Crippen molar-refractivity contribution in [2.45, 2.75) is 32.6 Å². The minimum atomic E-state index is -0.301. The standard InChI is InChI=1S/C14H27NO4/c1-3-5-14(6-7-15-12-14)13(16)19-11-10-18-9-4-8-17-2/h15H,3-12H2,1-2H3. The molecule has 0 bridgehead atoms. The van der Waals surface area contributed by atoms with Gasteiger partial charge in [0, 0.05) is 26.9 Å². The fourth-order valence-corrected chi connectivity index (χ4v) is 2.47. The van der Waals surface area contributed by atoms with E-state index in [0.717, 1.165) is 38.8 Å². The van der Waals surface area contributed by atoms with Gasteiger partial charge in [-0.1, -0.05) is 13.3 Å². The lowest BCUT2D eigenvalue weighted by Gasteiger charge is -2.25. The monoisotopic (exact) mass is 273 g/mol. The van der Waals surface area contributed by atoms with E-state index in [0.29, 0.717) is 26.4 Å². The summed E-state index contributed by atoms with van der Waals surface area (Å²) < 4.78 is 15.6. The summed E-state index contributed by atoms with van der Waals surface area (Å²) in [6.45, 7) is 5.91. The number of rotatable bonds is 10. The summed E-state index contributed by atoms with van der Waals surface area (Å²) in [5.41, 5.74) is -0.301. The van der Waals surface area contributed by atoms with Crippen LogP contribution in [0.2, 0.25) is 0 Å². The van der Waals surface area contributed by atoms with Gasteiger partial charge in [-0.2, -0.15) is 0 Å². The van der Waals surface area contributed by atoms with Gasteiger partial charge in [0.05, 0.1) is 12.0 Å². The summed E-state index contributed by atoms with van der Waals surface area (Å²) in [5.74, 6) is -0.0696. The average Bonchev–Trinajstić information content (AvgIpc) is 2.88. The van der Waals surface area contributed by atoms with E-state index in [2.05, 4.69) is 12.2 Å². The quantitative estimate of drug-likeness (QED) is 0.481. The van der Waals surface area contributed by atoms with E-state index >= 15 is 0 Å². The molecule has 1 heterocycles. The molecule has 0 aromatic heterocycles. The zero-order chi connectivity index (χ0) is 14.0. The van der Waals surface area contributed by atoms with Crippen LogP contribution in [0.4, 0.5) is 0 Å². The first kappa shape index (κ1) is 16.4. The predicted octanol–water partition coefficient (Wildman–Crippen LogP) is 1.36. The topological polar surface area (TPSA) is 56.8 Å². The first-order valence-electron chi connectivity index (χ1n) is 7.20. The molecule has 0 aromatic rings. The van der Waals surface area contributed by atoms with Gasteiger partial charge in [0.2, 0.25) is 0 Å². The minimum Gasteiger partial charge on any atom is -0.463 e. The smallest absolute Gasteiger partial charge is 0.313 e. The molecule has 0 radical (unpaired) electrons. The number of esters is 1. The third-order valence-corrected chi connectivity index (χ3v) is 3.50. The molecule has 1 saturated heterocycles. The van der Waals surface area contributed by atoms with Crippen molar-refractivity contribution in [1.29, 1.82) is 0 Å². The number of carbonyl (C=O) groups excluding carboxylic acids is 1. The summed E-state index contributed by atoms with van der Waals surface area (Å²) in [6.07, 6.45) is 3.65. The highest BCUT2D eigenvalue weighted by atomic mass is 16.6. The molecule has 1 N–H and O–H groups in total. The predicted molar refractivity (Wildman–Crippen MR) is 73.1 cm³/mol. The SMILES string of the molecule is CCCC1(C(=O)OCCOCCCOC)CCNC1. The second-order valence-electron chi connectivity index (χ2n) is 5.05. The van der Waals surface area contributed by atoms with Crippen LogP contribution < -0.4 is 5.32 Å². The van der Waals surface area contributed by atoms with Crippen LogP contribution in [-0.2, 0) is 19.0 Å². The first-order chi connectivity index (χ1) is 9.25. The molecule has 1 unspecified atom stereocenters. The molecular weight excluding hydrogens is 246 g/mol. The van der Waals surface area contributed by atoms with E-state index in [9.17, 15) is 4.79 Å². The summed E-state index contributed by atoms with van der Waals surface area (Å²) in [7, 11) is 1.67. The van der Waals surface area contributed by atoms with E-state index in [4.69, 9.17) is 14.2 Å². The minimum absolute atomic E-state index is 0.0696. The molecule has 1 aliphatic rings. The highest BCUT2D eigenvalue weighted by Gasteiger charge is 2.41. The second-order valence-corrected chi connectivity index (χ2v) is 5.05. The van der Waals surface area contributed by atoms with Crippen LogP contribution in [0.1, 0.15) is 32.6 Å². The van der Waals surface area contributed by atoms with E-state index in [1.165, 1.54) is 0 Å². The molecule has 19 heavy (non-hydrogen) atoms. The Morgan fingerprint density at radius 1 is 1.26 bits per heavy atom. The second kappa shape index (κ2) is 9.28. The fourth-order valence-electron chi connectivity index (χ4n) is 2.47. The summed E-state index contributed by atoms with van der Waals surface area (Å²) in [6, 6.07) is 0. The summed E-state index contributed by atoms with van der Waals surface area (Å²) in [4.78, 5) is 12.2. The van der Waals surface area contributed by atoms with Crippen molar-refractivity contribution < 1.29 is 19.0 Å². The maximum atomic E-state index is 12.2. The van der Waals surface area contributed by atoms with Crippen molar-refractivity contribution in [2.24, 2.45) is 5.41 Å². The summed E-state index contributed by atoms with van der Waals surface area (Å²) >= 11 is 0. The van der Waals surface area contributed by atoms with Crippen molar-refractivity contribution in [1.82, 2.24) is 5.32 Å². The van der Waals surface area contributed by atoms with Gasteiger partial charge in [-0.3, -0.25) is 4.79 Å². The van der Waals surface area contributed by atoms with Crippen molar-refractivity contribution >= 4 is 5.97 Å². The number of ether oxygens (including phenoxy) is 3. The van der Waals surface area contributed by atoms with Crippen molar-refractivity contribution in [3.05, 3.63) is 0 Å². The maximum Gasteiger partial charge on any atom is 0.313 e. The third-order valence-electron chi connectivity index (χ3n) is 3.50. The van der Waals surface area contributed by atoms with Crippen LogP contribution in [0.15, 0.2) is 0 Å². The van der Waals surface area contributed by atoms with E-state index < -0.39 is 0 Å². The van der Waals surface area contributed by atoms with Crippen LogP contribution in [0.5, 0.6) is 0 Å². The van der Waals surface area contributed by atoms with Gasteiger partial charge < -0.3 is 19.5 Å². The number of nitrogens with one attached hydrogen (secondary N) is 1. The van der Waals surface area contributed by atoms with Crippen LogP contribution in [-0.4, -0.2) is 52.6 Å². The Kier molecular flexibility index (Phi) is 8.02. The maximum absolute atomic E-state index is 12.2. The zero-order valence-corrected chi connectivity index (χ0v) is 12.2. The number of hydrogen-bond donors (Lipinski definition) is 1. The largest absolute Gasteiger partial charge is 0.463 e. The van der Waals surface area contributed by atoms with Gasteiger partial charge in [0.25, 0.3) is 0 Å². The van der Waals surface area contributed by atoms with Gasteiger partial charge in [0.15, 0.2) is 0 Å². The Labute approximate surface area is 116 Å². The Balaban J connectivity index is 2.15. The fraction of sp³-hybridized carbons (Fsp3) is 0.929. The zero-order valence-electron chi connectivity index (χ0n) is 12.2. The Bertz CT molecular complexity index is 252. The lowest BCUT2D eigenvalue weighted by molar-refractivity contribution is -0.156. The molecule has 1 atom stereocenters. The summed E-state index contributed by atoms with van der Waals surface area (Å²) in [5, 5.41) is 3.26. The Morgan fingerprint density at radius 3 is 2.74 bits per heavy atom. The van der Waals surface area contributed by atoms with E-state index in [1.54, 1.807) is 7.11 Å². The number of carbonyl (C=O) groups is 1. The van der Waals surface area contributed by atoms with Crippen molar-refractivity contribution in [3.8, 4) is 0 Å². The van der Waals surface area contributed by atoms with Crippen LogP contribution in [0.25, 0.3) is 0 Å². The molecule has 1 aliphatic heterocycles. The Morgan fingerprint density at radius 2 is 2.11 bits per heavy atom. The molecule has 0 amide bonds. The third kappa shape index (κ3) is 5.47. The number of hydrogen-bond acceptors (Lipinski definition) is 5. The molecular formula is C14H27NO4. The molecule has 0 aliphatic carbocycles. The first-order valence-corrected chi connectivity index (χ1v) is 7.20. The van der Waals surface area contributed by atoms with E-state index in [1.807, 2.05) is 0 Å². The van der Waals surface area contributed by atoms with Crippen molar-refractivity contribution in [2.75, 3.05) is 46.6 Å². The van der Waals surface area contributed by atoms with Gasteiger partial charge >= 0.3 is 5.97 Å². The molecule has 0 saturated carbocycles. The van der Waals surface area contributed by atoms with Crippen molar-refractivity contribution in [3.63, 3.8) is 0 Å². The molecule has 1 rings (SSSR count). The number of methoxy groups -OCH3 is 1. The lowest BCUT2D eigenvalue weighted by atomic mass is 9.83. The van der Waals surface area contributed by atoms with Crippen LogP contribution in [0.3, 0.4) is 0 Å². The highest BCUT2D eigenvalue weighted by Crippen LogP contribution is 2.32. The van der Waals surface area contributed by atoms with Crippen LogP contribution >= 0.6 is 0 Å². The molecule has 0 spiro atoms. The van der Waals surface area contributed by atoms with E-state index in [-0.39, 0.29) is 11.4 Å². The normalized spacial score (nSPS) is 22.6. The molecule has 5 heteroatoms. The van der Waals surface area contributed by atoms with Gasteiger partial charge in [-0.15, -0.1) is 0 Å².